The van der Waals surface area contributed by atoms with Crippen molar-refractivity contribution in [2.24, 2.45) is 5.73 Å². The Labute approximate surface area is 203 Å². The van der Waals surface area contributed by atoms with E-state index < -0.39 is 17.9 Å². The van der Waals surface area contributed by atoms with Crippen LogP contribution in [0.25, 0.3) is 0 Å². The van der Waals surface area contributed by atoms with Crippen LogP contribution in [-0.4, -0.2) is 26.2 Å². The fourth-order valence-corrected chi connectivity index (χ4v) is 4.37. The summed E-state index contributed by atoms with van der Waals surface area (Å²) < 4.78 is 10.4. The number of anilines is 1. The minimum atomic E-state index is -1.00. The van der Waals surface area contributed by atoms with Gasteiger partial charge in [0, 0.05) is 4.47 Å². The van der Waals surface area contributed by atoms with Crippen molar-refractivity contribution >= 4 is 45.2 Å². The third-order valence-corrected chi connectivity index (χ3v) is 5.97. The molecule has 1 aliphatic heterocycles. The molecular formula is C23H16BrClN4O4. The number of carbonyl (C=O) groups excluding carboxylic acids is 2. The van der Waals surface area contributed by atoms with Crippen LogP contribution >= 0.6 is 27.5 Å². The van der Waals surface area contributed by atoms with Gasteiger partial charge in [-0.2, -0.15) is 10.5 Å². The lowest BCUT2D eigenvalue weighted by molar-refractivity contribution is -0.139. The largest absolute Gasteiger partial charge is 0.466 e. The van der Waals surface area contributed by atoms with Crippen LogP contribution in [0.2, 0.25) is 5.02 Å². The topological polar surface area (TPSA) is 129 Å². The van der Waals surface area contributed by atoms with E-state index in [0.717, 1.165) is 19.1 Å². The van der Waals surface area contributed by atoms with Crippen molar-refractivity contribution in [2.45, 2.75) is 5.92 Å². The molecule has 0 saturated carbocycles. The van der Waals surface area contributed by atoms with E-state index in [2.05, 4.69) is 15.9 Å². The van der Waals surface area contributed by atoms with Crippen LogP contribution in [0.1, 0.15) is 17.0 Å². The quantitative estimate of drug-likeness (QED) is 0.593. The van der Waals surface area contributed by atoms with Crippen LogP contribution in [-0.2, 0) is 19.1 Å². The van der Waals surface area contributed by atoms with Gasteiger partial charge in [0.1, 0.15) is 17.6 Å². The third-order valence-electron chi connectivity index (χ3n) is 5.01. The van der Waals surface area contributed by atoms with Crippen molar-refractivity contribution in [1.29, 1.82) is 10.5 Å². The van der Waals surface area contributed by atoms with Crippen molar-refractivity contribution in [1.82, 2.24) is 0 Å². The van der Waals surface area contributed by atoms with Crippen LogP contribution in [0.4, 0.5) is 5.69 Å². The van der Waals surface area contributed by atoms with Gasteiger partial charge in [0.2, 0.25) is 0 Å². The Balaban J connectivity index is 2.47. The molecule has 166 valence electrons. The first-order valence-electron chi connectivity index (χ1n) is 9.35. The van der Waals surface area contributed by atoms with Crippen molar-refractivity contribution in [3.8, 4) is 12.1 Å². The second-order valence-corrected chi connectivity index (χ2v) is 7.99. The van der Waals surface area contributed by atoms with E-state index in [9.17, 15) is 20.1 Å². The van der Waals surface area contributed by atoms with Crippen LogP contribution in [0.5, 0.6) is 0 Å². The summed E-state index contributed by atoms with van der Waals surface area (Å²) in [5, 5.41) is 19.6. The SMILES string of the molecule is COC(=O)C1=C(C(=O)OC)N(c2cc(C#N)c(Br)cc2Cl)C(N)=C(C#N)C1c1ccccc1. The molecule has 1 aliphatic rings. The molecule has 1 unspecified atom stereocenters. The van der Waals surface area contributed by atoms with Crippen molar-refractivity contribution in [3.05, 3.63) is 85.8 Å². The van der Waals surface area contributed by atoms with Gasteiger partial charge in [-0.15, -0.1) is 0 Å². The minimum Gasteiger partial charge on any atom is -0.466 e. The zero-order chi connectivity index (χ0) is 24.3. The lowest BCUT2D eigenvalue weighted by atomic mass is 9.81. The molecule has 1 atom stereocenters. The van der Waals surface area contributed by atoms with E-state index in [1.807, 2.05) is 12.1 Å². The van der Waals surface area contributed by atoms with Gasteiger partial charge in [-0.3, -0.25) is 4.90 Å². The molecular weight excluding hydrogens is 512 g/mol. The fourth-order valence-electron chi connectivity index (χ4n) is 3.56. The summed E-state index contributed by atoms with van der Waals surface area (Å²) in [6, 6.07) is 15.5. The normalized spacial score (nSPS) is 15.6. The molecule has 2 aromatic carbocycles. The molecule has 8 nitrogen and oxygen atoms in total. The number of rotatable bonds is 4. The number of hydrogen-bond acceptors (Lipinski definition) is 8. The molecule has 0 radical (unpaired) electrons. The summed E-state index contributed by atoms with van der Waals surface area (Å²) in [5.74, 6) is -2.91. The highest BCUT2D eigenvalue weighted by molar-refractivity contribution is 9.10. The molecule has 0 aliphatic carbocycles. The molecule has 0 bridgehead atoms. The van der Waals surface area contributed by atoms with E-state index in [0.29, 0.717) is 10.0 Å². The standard InChI is InChI=1S/C23H16BrClN4O4/c1-32-22(30)19-18(12-6-4-3-5-7-12)14(11-27)21(28)29(20(19)23(31)33-2)17-8-13(10-26)15(24)9-16(17)25/h3-9,18H,28H2,1-2H3. The smallest absolute Gasteiger partial charge is 0.355 e. The molecule has 10 heteroatoms. The molecule has 1 heterocycles. The maximum atomic E-state index is 13.0. The number of methoxy groups -OCH3 is 2. The zero-order valence-corrected chi connectivity index (χ0v) is 19.8. The predicted octanol–water partition coefficient (Wildman–Crippen LogP) is 3.87. The Kier molecular flexibility index (Phi) is 7.07. The molecule has 3 rings (SSSR count). The fraction of sp³-hybridized carbons (Fsp3) is 0.130. The second kappa shape index (κ2) is 9.78. The van der Waals surface area contributed by atoms with E-state index in [4.69, 9.17) is 26.8 Å². The summed E-state index contributed by atoms with van der Waals surface area (Å²) in [7, 11) is 2.30. The molecule has 0 saturated heterocycles. The lowest BCUT2D eigenvalue weighted by Crippen LogP contribution is -2.41. The van der Waals surface area contributed by atoms with Gasteiger partial charge < -0.3 is 15.2 Å². The molecule has 33 heavy (non-hydrogen) atoms. The first-order valence-corrected chi connectivity index (χ1v) is 10.5. The number of esters is 2. The van der Waals surface area contributed by atoms with E-state index in [-0.39, 0.29) is 38.9 Å². The highest BCUT2D eigenvalue weighted by Crippen LogP contribution is 2.45. The number of carbonyl (C=O) groups is 2. The summed E-state index contributed by atoms with van der Waals surface area (Å²) in [6.07, 6.45) is 0. The predicted molar refractivity (Wildman–Crippen MR) is 123 cm³/mol. The maximum absolute atomic E-state index is 13.0. The van der Waals surface area contributed by atoms with Crippen molar-refractivity contribution in [3.63, 3.8) is 0 Å². The Bertz CT molecular complexity index is 1290. The monoisotopic (exact) mass is 526 g/mol. The zero-order valence-electron chi connectivity index (χ0n) is 17.4. The average molecular weight is 528 g/mol. The summed E-state index contributed by atoms with van der Waals surface area (Å²) in [4.78, 5) is 27.2. The van der Waals surface area contributed by atoms with E-state index >= 15 is 0 Å². The second-order valence-electron chi connectivity index (χ2n) is 6.73. The number of nitrogens with zero attached hydrogens (tertiary/aromatic N) is 3. The first kappa shape index (κ1) is 23.9. The van der Waals surface area contributed by atoms with Crippen LogP contribution < -0.4 is 10.6 Å². The van der Waals surface area contributed by atoms with Gasteiger partial charge in [0.05, 0.1) is 53.6 Å². The minimum absolute atomic E-state index is 0.00764. The Morgan fingerprint density at radius 3 is 2.27 bits per heavy atom. The lowest BCUT2D eigenvalue weighted by Gasteiger charge is -2.36. The number of halogens is 2. The van der Waals surface area contributed by atoms with Gasteiger partial charge in [0.15, 0.2) is 0 Å². The molecule has 0 aromatic heterocycles. The molecule has 2 aromatic rings. The molecule has 0 spiro atoms. The number of nitrogens with two attached hydrogens (primary N) is 1. The van der Waals surface area contributed by atoms with Crippen molar-refractivity contribution in [2.75, 3.05) is 19.1 Å². The van der Waals surface area contributed by atoms with Gasteiger partial charge in [-0.05, 0) is 33.6 Å². The van der Waals surface area contributed by atoms with E-state index in [1.165, 1.54) is 12.1 Å². The third kappa shape index (κ3) is 4.17. The number of allylic oxidation sites excluding steroid dienone is 1. The van der Waals surface area contributed by atoms with Crippen molar-refractivity contribution < 1.29 is 19.1 Å². The number of hydrogen-bond donors (Lipinski definition) is 1. The first-order chi connectivity index (χ1) is 15.8. The molecule has 2 N–H and O–H groups in total. The number of nitriles is 2. The maximum Gasteiger partial charge on any atom is 0.355 e. The van der Waals surface area contributed by atoms with Gasteiger partial charge >= 0.3 is 11.9 Å². The highest BCUT2D eigenvalue weighted by atomic mass is 79.9. The summed E-state index contributed by atoms with van der Waals surface area (Å²) >= 11 is 9.69. The molecule has 0 amide bonds. The van der Waals surface area contributed by atoms with E-state index in [1.54, 1.807) is 30.3 Å². The Hall–Kier alpha value is -3.79. The highest BCUT2D eigenvalue weighted by Gasteiger charge is 2.43. The van der Waals surface area contributed by atoms with Gasteiger partial charge in [-0.1, -0.05) is 41.9 Å². The number of benzene rings is 2. The summed E-state index contributed by atoms with van der Waals surface area (Å²) in [5.41, 5.74) is 6.81. The molecule has 0 fully saturated rings. The average Bonchev–Trinajstić information content (AvgIpc) is 2.83. The Morgan fingerprint density at radius 2 is 1.73 bits per heavy atom. The van der Waals surface area contributed by atoms with Crippen LogP contribution in [0, 0.1) is 22.7 Å². The number of ether oxygens (including phenoxy) is 2. The van der Waals surface area contributed by atoms with Crippen LogP contribution in [0.3, 0.4) is 0 Å². The van der Waals surface area contributed by atoms with Gasteiger partial charge in [0.25, 0.3) is 0 Å². The Morgan fingerprint density at radius 1 is 1.09 bits per heavy atom. The van der Waals surface area contributed by atoms with Crippen LogP contribution in [0.15, 0.2) is 69.6 Å². The van der Waals surface area contributed by atoms with Gasteiger partial charge in [-0.25, -0.2) is 9.59 Å². The summed E-state index contributed by atoms with van der Waals surface area (Å²) in [6.45, 7) is 0.